The van der Waals surface area contributed by atoms with Gasteiger partial charge in [0.1, 0.15) is 0 Å². The summed E-state index contributed by atoms with van der Waals surface area (Å²) in [6.45, 7) is 9.39. The zero-order chi connectivity index (χ0) is 12.2. The van der Waals surface area contributed by atoms with Gasteiger partial charge in [-0.25, -0.2) is 10.9 Å². The van der Waals surface area contributed by atoms with Gasteiger partial charge in [0.15, 0.2) is 0 Å². The number of thioether (sulfide) groups is 1. The molecule has 0 bridgehead atoms. The van der Waals surface area contributed by atoms with Crippen LogP contribution < -0.4 is 21.6 Å². The summed E-state index contributed by atoms with van der Waals surface area (Å²) in [5.41, 5.74) is 9.87. The Bertz CT molecular complexity index is 248. The molecule has 0 fully saturated rings. The Hall–Kier alpha value is -0.270. The van der Waals surface area contributed by atoms with Crippen LogP contribution in [0.1, 0.15) is 27.7 Å². The van der Waals surface area contributed by atoms with Gasteiger partial charge in [0.25, 0.3) is 0 Å². The summed E-state index contributed by atoms with van der Waals surface area (Å²) in [4.78, 5) is 0. The lowest BCUT2D eigenvalue weighted by molar-refractivity contribution is 0.00529. The highest BCUT2D eigenvalue weighted by atomic mass is 32.2. The minimum absolute atomic E-state index is 0.0115. The third-order valence-electron chi connectivity index (χ3n) is 1.90. The number of hydrogen-bond acceptors (Lipinski definition) is 6. The highest BCUT2D eigenvalue weighted by Crippen LogP contribution is 2.12. The lowest BCUT2D eigenvalue weighted by Crippen LogP contribution is -2.67. The molecule has 1 heterocycles. The molecule has 1 atom stereocenters. The molecule has 0 aromatic heterocycles. The Morgan fingerprint density at radius 1 is 1.50 bits per heavy atom. The molecule has 1 aliphatic heterocycles. The van der Waals surface area contributed by atoms with Gasteiger partial charge >= 0.3 is 0 Å². The number of nitrogens with zero attached hydrogens (tertiary/aromatic N) is 1. The molecule has 0 aromatic carbocycles. The van der Waals surface area contributed by atoms with Gasteiger partial charge in [-0.1, -0.05) is 12.2 Å². The molecule has 1 aliphatic rings. The zero-order valence-corrected chi connectivity index (χ0v) is 11.5. The van der Waals surface area contributed by atoms with Gasteiger partial charge in [-0.2, -0.15) is 0 Å². The van der Waals surface area contributed by atoms with Crippen LogP contribution in [0.4, 0.5) is 0 Å². The zero-order valence-electron chi connectivity index (χ0n) is 10.7. The Labute approximate surface area is 102 Å². The Kier molecular flexibility index (Phi) is 5.07. The van der Waals surface area contributed by atoms with Gasteiger partial charge < -0.3 is 0 Å². The van der Waals surface area contributed by atoms with Gasteiger partial charge in [0, 0.05) is 5.54 Å². The standard InChI is InChI=1S/C10H23N5S/c1-6-11-8-7-9(16-5)13-15(12-8)14-10(2,3)4/h7-8,11-14H,6H2,1-5H3. The summed E-state index contributed by atoms with van der Waals surface area (Å²) in [5, 5.41) is 6.29. The van der Waals surface area contributed by atoms with Gasteiger partial charge in [-0.15, -0.1) is 11.8 Å². The number of hydrogen-bond donors (Lipinski definition) is 4. The molecule has 16 heavy (non-hydrogen) atoms. The molecule has 4 N–H and O–H groups in total. The molecule has 1 rings (SSSR count). The molecule has 6 heteroatoms. The highest BCUT2D eigenvalue weighted by Gasteiger charge is 2.21. The lowest BCUT2D eigenvalue weighted by atomic mass is 10.1. The van der Waals surface area contributed by atoms with E-state index in [1.54, 1.807) is 11.8 Å². The number of rotatable bonds is 4. The molecule has 94 valence electrons. The summed E-state index contributed by atoms with van der Waals surface area (Å²) in [6.07, 6.45) is 4.35. The van der Waals surface area contributed by atoms with Crippen molar-refractivity contribution in [2.24, 2.45) is 0 Å². The monoisotopic (exact) mass is 245 g/mol. The van der Waals surface area contributed by atoms with Crippen molar-refractivity contribution in [2.75, 3.05) is 12.8 Å². The number of likely N-dealkylation sites (N-methyl/N-ethyl adjacent to an activating group) is 1. The average Bonchev–Trinajstić information content (AvgIpc) is 2.15. The van der Waals surface area contributed by atoms with Crippen LogP contribution in [0.15, 0.2) is 11.1 Å². The van der Waals surface area contributed by atoms with Crippen molar-refractivity contribution in [2.45, 2.75) is 39.4 Å². The summed E-state index contributed by atoms with van der Waals surface area (Å²) in [6, 6.07) is 0. The second kappa shape index (κ2) is 5.88. The molecular weight excluding hydrogens is 222 g/mol. The number of nitrogens with one attached hydrogen (secondary N) is 4. The van der Waals surface area contributed by atoms with Gasteiger partial charge in [0.05, 0.1) is 11.2 Å². The SMILES string of the molecule is CCNC1C=C(SC)NN(NC(C)(C)C)N1. The Morgan fingerprint density at radius 2 is 2.19 bits per heavy atom. The molecule has 0 spiro atoms. The van der Waals surface area contributed by atoms with Gasteiger partial charge in [0.2, 0.25) is 0 Å². The maximum atomic E-state index is 3.34. The van der Waals surface area contributed by atoms with Gasteiger partial charge in [-0.05, 0) is 39.6 Å². The molecule has 5 nitrogen and oxygen atoms in total. The molecule has 0 aliphatic carbocycles. The number of hydrazine groups is 3. The van der Waals surface area contributed by atoms with E-state index in [-0.39, 0.29) is 11.7 Å². The smallest absolute Gasteiger partial charge is 0.0955 e. The van der Waals surface area contributed by atoms with E-state index in [9.17, 15) is 0 Å². The highest BCUT2D eigenvalue weighted by molar-refractivity contribution is 8.02. The van der Waals surface area contributed by atoms with E-state index >= 15 is 0 Å². The molecule has 0 radical (unpaired) electrons. The molecule has 0 saturated carbocycles. The van der Waals surface area contributed by atoms with Gasteiger partial charge in [-0.3, -0.25) is 10.7 Å². The van der Waals surface area contributed by atoms with Crippen molar-refractivity contribution < 1.29 is 0 Å². The van der Waals surface area contributed by atoms with Crippen LogP contribution in [0.25, 0.3) is 0 Å². The Morgan fingerprint density at radius 3 is 2.69 bits per heavy atom. The van der Waals surface area contributed by atoms with Crippen LogP contribution in [0.2, 0.25) is 0 Å². The first-order valence-electron chi connectivity index (χ1n) is 5.54. The van der Waals surface area contributed by atoms with E-state index in [2.05, 4.69) is 61.6 Å². The molecule has 1 unspecified atom stereocenters. The quantitative estimate of drug-likeness (QED) is 0.587. The van der Waals surface area contributed by atoms with Crippen LogP contribution in [-0.4, -0.2) is 29.7 Å². The summed E-state index contributed by atoms with van der Waals surface area (Å²) < 4.78 is 0. The fraction of sp³-hybridized carbons (Fsp3) is 0.800. The van der Waals surface area contributed by atoms with Crippen molar-refractivity contribution in [3.63, 3.8) is 0 Å². The topological polar surface area (TPSA) is 51.4 Å². The third-order valence-corrected chi connectivity index (χ3v) is 2.57. The fourth-order valence-corrected chi connectivity index (χ4v) is 1.80. The van der Waals surface area contributed by atoms with Crippen LogP contribution in [0, 0.1) is 0 Å². The van der Waals surface area contributed by atoms with Crippen LogP contribution in [-0.2, 0) is 0 Å². The first-order chi connectivity index (χ1) is 7.44. The van der Waals surface area contributed by atoms with Crippen molar-refractivity contribution in [3.8, 4) is 0 Å². The van der Waals surface area contributed by atoms with Crippen molar-refractivity contribution in [1.29, 1.82) is 0 Å². The molecular formula is C10H23N5S. The van der Waals surface area contributed by atoms with E-state index in [1.165, 1.54) is 0 Å². The predicted molar refractivity (Wildman–Crippen MR) is 70.1 cm³/mol. The van der Waals surface area contributed by atoms with Crippen LogP contribution in [0.5, 0.6) is 0 Å². The second-order valence-electron chi connectivity index (χ2n) is 4.71. The van der Waals surface area contributed by atoms with E-state index < -0.39 is 0 Å². The van der Waals surface area contributed by atoms with E-state index in [0.29, 0.717) is 0 Å². The third kappa shape index (κ3) is 4.71. The van der Waals surface area contributed by atoms with Crippen molar-refractivity contribution in [1.82, 2.24) is 26.8 Å². The summed E-state index contributed by atoms with van der Waals surface area (Å²) in [5.74, 6) is 0. The molecule has 0 saturated heterocycles. The fourth-order valence-electron chi connectivity index (χ4n) is 1.34. The van der Waals surface area contributed by atoms with E-state index in [4.69, 9.17) is 0 Å². The van der Waals surface area contributed by atoms with E-state index in [0.717, 1.165) is 11.6 Å². The maximum absolute atomic E-state index is 3.34. The first kappa shape index (κ1) is 13.8. The summed E-state index contributed by atoms with van der Waals surface area (Å²) >= 11 is 1.69. The minimum Gasteiger partial charge on any atom is -0.298 e. The summed E-state index contributed by atoms with van der Waals surface area (Å²) in [7, 11) is 0. The molecule has 0 aromatic rings. The first-order valence-corrected chi connectivity index (χ1v) is 6.77. The van der Waals surface area contributed by atoms with Crippen molar-refractivity contribution in [3.05, 3.63) is 11.1 Å². The lowest BCUT2D eigenvalue weighted by Gasteiger charge is -2.38. The van der Waals surface area contributed by atoms with Crippen LogP contribution >= 0.6 is 11.8 Å². The Balaban J connectivity index is 2.60. The second-order valence-corrected chi connectivity index (χ2v) is 5.56. The van der Waals surface area contributed by atoms with Crippen molar-refractivity contribution >= 4 is 11.8 Å². The maximum Gasteiger partial charge on any atom is 0.0955 e. The normalized spacial score (nSPS) is 22.8. The predicted octanol–water partition coefficient (Wildman–Crippen LogP) is 0.754. The van der Waals surface area contributed by atoms with E-state index in [1.807, 2.05) is 5.23 Å². The average molecular weight is 245 g/mol. The largest absolute Gasteiger partial charge is 0.298 e. The minimum atomic E-state index is 0.0115. The molecule has 0 amide bonds. The van der Waals surface area contributed by atoms with Crippen LogP contribution in [0.3, 0.4) is 0 Å².